The van der Waals surface area contributed by atoms with E-state index in [0.29, 0.717) is 11.8 Å². The Morgan fingerprint density at radius 1 is 1.38 bits per heavy atom. The van der Waals surface area contributed by atoms with E-state index >= 15 is 0 Å². The van der Waals surface area contributed by atoms with Gasteiger partial charge in [-0.3, -0.25) is 4.68 Å². The van der Waals surface area contributed by atoms with Crippen molar-refractivity contribution < 1.29 is 0 Å². The largest absolute Gasteiger partial charge is 0.317 e. The van der Waals surface area contributed by atoms with Gasteiger partial charge in [-0.05, 0) is 45.9 Å². The lowest BCUT2D eigenvalue weighted by Gasteiger charge is -2.32. The predicted octanol–water partition coefficient (Wildman–Crippen LogP) is 2.98. The summed E-state index contributed by atoms with van der Waals surface area (Å²) in [6.45, 7) is 6.22. The normalized spacial score (nSPS) is 22.9. The number of nitrogens with one attached hydrogen (secondary N) is 1. The molecule has 21 heavy (non-hydrogen) atoms. The smallest absolute Gasteiger partial charge is 0.0820 e. The number of nitrogens with zero attached hydrogens (tertiary/aromatic N) is 3. The maximum atomic E-state index is 6.48. The van der Waals surface area contributed by atoms with Crippen molar-refractivity contribution in [3.63, 3.8) is 0 Å². The molecular weight excluding hydrogens is 284 g/mol. The Morgan fingerprint density at radius 3 is 2.86 bits per heavy atom. The van der Waals surface area contributed by atoms with E-state index in [2.05, 4.69) is 41.0 Å². The molecule has 2 rings (SSSR count). The third kappa shape index (κ3) is 4.44. The van der Waals surface area contributed by atoms with Gasteiger partial charge < -0.3 is 10.2 Å². The quantitative estimate of drug-likeness (QED) is 0.840. The van der Waals surface area contributed by atoms with Gasteiger partial charge >= 0.3 is 0 Å². The van der Waals surface area contributed by atoms with Gasteiger partial charge in [-0.1, -0.05) is 31.4 Å². The van der Waals surface area contributed by atoms with Gasteiger partial charge in [-0.15, -0.1) is 0 Å². The molecule has 0 radical (unpaired) electrons. The Morgan fingerprint density at radius 2 is 2.14 bits per heavy atom. The molecule has 0 aromatic carbocycles. The third-order valence-corrected chi connectivity index (χ3v) is 4.80. The zero-order valence-corrected chi connectivity index (χ0v) is 14.4. The highest BCUT2D eigenvalue weighted by molar-refractivity contribution is 6.31. The molecule has 0 saturated heterocycles. The zero-order chi connectivity index (χ0) is 15.2. The second-order valence-electron chi connectivity index (χ2n) is 6.36. The Bertz CT molecular complexity index is 430. The molecule has 1 aliphatic carbocycles. The van der Waals surface area contributed by atoms with Crippen LogP contribution in [0.25, 0.3) is 0 Å². The Hall–Kier alpha value is -0.580. The van der Waals surface area contributed by atoms with Crippen molar-refractivity contribution in [1.29, 1.82) is 0 Å². The Balaban J connectivity index is 2.15. The molecule has 1 saturated carbocycles. The summed E-state index contributed by atoms with van der Waals surface area (Å²) in [6.07, 6.45) is 7.01. The van der Waals surface area contributed by atoms with Crippen LogP contribution in [-0.4, -0.2) is 48.4 Å². The highest BCUT2D eigenvalue weighted by atomic mass is 35.5. The van der Waals surface area contributed by atoms with Crippen molar-refractivity contribution in [2.24, 2.45) is 5.92 Å². The van der Waals surface area contributed by atoms with Gasteiger partial charge in [0.15, 0.2) is 0 Å². The maximum absolute atomic E-state index is 6.48. The van der Waals surface area contributed by atoms with Gasteiger partial charge in [0.1, 0.15) is 0 Å². The monoisotopic (exact) mass is 312 g/mol. The molecule has 2 atom stereocenters. The lowest BCUT2D eigenvalue weighted by atomic mass is 9.77. The van der Waals surface area contributed by atoms with Crippen molar-refractivity contribution in [1.82, 2.24) is 20.0 Å². The molecule has 0 amide bonds. The van der Waals surface area contributed by atoms with Crippen molar-refractivity contribution in [3.8, 4) is 0 Å². The van der Waals surface area contributed by atoms with Gasteiger partial charge in [0.2, 0.25) is 0 Å². The zero-order valence-electron chi connectivity index (χ0n) is 13.6. The summed E-state index contributed by atoms with van der Waals surface area (Å²) in [6, 6.07) is 0. The first-order valence-corrected chi connectivity index (χ1v) is 8.58. The van der Waals surface area contributed by atoms with E-state index in [0.717, 1.165) is 31.2 Å². The van der Waals surface area contributed by atoms with Crippen LogP contribution >= 0.6 is 11.6 Å². The second kappa shape index (κ2) is 8.16. The Labute approximate surface area is 133 Å². The molecule has 1 aromatic rings. The van der Waals surface area contributed by atoms with Gasteiger partial charge in [-0.25, -0.2) is 0 Å². The van der Waals surface area contributed by atoms with Crippen LogP contribution in [0.2, 0.25) is 5.02 Å². The lowest BCUT2D eigenvalue weighted by Crippen LogP contribution is -2.31. The van der Waals surface area contributed by atoms with Crippen LogP contribution in [-0.2, 0) is 6.54 Å². The van der Waals surface area contributed by atoms with Gasteiger partial charge in [0, 0.05) is 12.5 Å². The minimum Gasteiger partial charge on any atom is -0.317 e. The highest BCUT2D eigenvalue weighted by Crippen LogP contribution is 2.40. The highest BCUT2D eigenvalue weighted by Gasteiger charge is 2.30. The fourth-order valence-corrected chi connectivity index (χ4v) is 3.64. The molecule has 4 nitrogen and oxygen atoms in total. The number of aromatic nitrogens is 2. The summed E-state index contributed by atoms with van der Waals surface area (Å²) in [4.78, 5) is 2.19. The number of hydrogen-bond acceptors (Lipinski definition) is 3. The van der Waals surface area contributed by atoms with E-state index in [-0.39, 0.29) is 0 Å². The van der Waals surface area contributed by atoms with Crippen molar-refractivity contribution in [2.45, 2.75) is 45.1 Å². The first kappa shape index (κ1) is 16.8. The molecule has 1 N–H and O–H groups in total. The molecule has 5 heteroatoms. The van der Waals surface area contributed by atoms with Gasteiger partial charge in [0.25, 0.3) is 0 Å². The summed E-state index contributed by atoms with van der Waals surface area (Å²) in [5.41, 5.74) is 1.26. The van der Waals surface area contributed by atoms with Gasteiger partial charge in [0.05, 0.1) is 23.5 Å². The number of halogens is 1. The molecule has 1 aromatic heterocycles. The molecule has 1 heterocycles. The molecular formula is C16H29ClN4. The summed E-state index contributed by atoms with van der Waals surface area (Å²) in [7, 11) is 4.19. The number of likely N-dealkylation sites (N-methyl/N-ethyl adjacent to an activating group) is 1. The molecule has 0 aliphatic heterocycles. The van der Waals surface area contributed by atoms with Crippen LogP contribution in [0, 0.1) is 5.92 Å². The molecule has 120 valence electrons. The second-order valence-corrected chi connectivity index (χ2v) is 6.77. The van der Waals surface area contributed by atoms with Crippen LogP contribution in [0.4, 0.5) is 0 Å². The molecule has 0 spiro atoms. The summed E-state index contributed by atoms with van der Waals surface area (Å²) in [5, 5.41) is 8.88. The summed E-state index contributed by atoms with van der Waals surface area (Å²) in [5.74, 6) is 1.24. The average molecular weight is 313 g/mol. The summed E-state index contributed by atoms with van der Waals surface area (Å²) < 4.78 is 2.14. The average Bonchev–Trinajstić information content (AvgIpc) is 2.84. The SMILES string of the molecule is CCNCC1CCCCC1c1c(Cl)cnn1CCN(C)C. The van der Waals surface area contributed by atoms with E-state index in [4.69, 9.17) is 11.6 Å². The van der Waals surface area contributed by atoms with E-state index in [1.807, 2.05) is 6.20 Å². The standard InChI is InChI=1S/C16H29ClN4/c1-4-18-11-13-7-5-6-8-14(13)16-15(17)12-19-21(16)10-9-20(2)3/h12-14,18H,4-11H2,1-3H3. The van der Waals surface area contributed by atoms with E-state index in [1.165, 1.54) is 31.4 Å². The van der Waals surface area contributed by atoms with Crippen LogP contribution in [0.15, 0.2) is 6.20 Å². The fourth-order valence-electron chi connectivity index (χ4n) is 3.36. The van der Waals surface area contributed by atoms with Crippen LogP contribution in [0.3, 0.4) is 0 Å². The predicted molar refractivity (Wildman–Crippen MR) is 89.0 cm³/mol. The third-order valence-electron chi connectivity index (χ3n) is 4.51. The van der Waals surface area contributed by atoms with E-state index in [9.17, 15) is 0 Å². The maximum Gasteiger partial charge on any atom is 0.0820 e. The minimum absolute atomic E-state index is 0.551. The molecule has 0 bridgehead atoms. The van der Waals surface area contributed by atoms with Crippen LogP contribution in [0.1, 0.15) is 44.2 Å². The molecule has 2 unspecified atom stereocenters. The van der Waals surface area contributed by atoms with E-state index in [1.54, 1.807) is 0 Å². The topological polar surface area (TPSA) is 33.1 Å². The first-order valence-electron chi connectivity index (χ1n) is 8.20. The first-order chi connectivity index (χ1) is 10.1. The van der Waals surface area contributed by atoms with Crippen molar-refractivity contribution >= 4 is 11.6 Å². The Kier molecular flexibility index (Phi) is 6.52. The van der Waals surface area contributed by atoms with E-state index < -0.39 is 0 Å². The van der Waals surface area contributed by atoms with Crippen LogP contribution in [0.5, 0.6) is 0 Å². The molecule has 1 aliphatic rings. The molecule has 1 fully saturated rings. The number of hydrogen-bond donors (Lipinski definition) is 1. The van der Waals surface area contributed by atoms with Crippen molar-refractivity contribution in [2.75, 3.05) is 33.7 Å². The summed E-state index contributed by atoms with van der Waals surface area (Å²) >= 11 is 6.48. The van der Waals surface area contributed by atoms with Gasteiger partial charge in [-0.2, -0.15) is 5.10 Å². The number of rotatable bonds is 7. The fraction of sp³-hybridized carbons (Fsp3) is 0.812. The van der Waals surface area contributed by atoms with Crippen LogP contribution < -0.4 is 5.32 Å². The van der Waals surface area contributed by atoms with Crippen molar-refractivity contribution in [3.05, 3.63) is 16.9 Å². The lowest BCUT2D eigenvalue weighted by molar-refractivity contribution is 0.280. The minimum atomic E-state index is 0.551.